The zero-order valence-corrected chi connectivity index (χ0v) is 19.6. The van der Waals surface area contributed by atoms with Gasteiger partial charge in [0, 0.05) is 18.1 Å². The third kappa shape index (κ3) is 2.91. The van der Waals surface area contributed by atoms with Crippen molar-refractivity contribution in [3.05, 3.63) is 65.7 Å². The van der Waals surface area contributed by atoms with Crippen molar-refractivity contribution in [1.82, 2.24) is 0 Å². The van der Waals surface area contributed by atoms with Crippen LogP contribution in [0.2, 0.25) is 0 Å². The maximum Gasteiger partial charge on any atom is 0.228 e. The molecule has 1 atom stereocenters. The Hall–Kier alpha value is -2.81. The number of anilines is 1. The van der Waals surface area contributed by atoms with Crippen molar-refractivity contribution in [2.24, 2.45) is 4.99 Å². The Morgan fingerprint density at radius 3 is 2.13 bits per heavy atom. The molecule has 158 valence electrons. The summed E-state index contributed by atoms with van der Waals surface area (Å²) in [6.07, 6.45) is 1.99. The quantitative estimate of drug-likeness (QED) is 0.391. The summed E-state index contributed by atoms with van der Waals surface area (Å²) in [5.74, 6) is 0.876. The van der Waals surface area contributed by atoms with Crippen LogP contribution in [0.25, 0.3) is 10.8 Å². The van der Waals surface area contributed by atoms with E-state index in [9.17, 15) is 0 Å². The van der Waals surface area contributed by atoms with Gasteiger partial charge in [-0.2, -0.15) is 0 Å². The van der Waals surface area contributed by atoms with Gasteiger partial charge in [0.15, 0.2) is 5.75 Å². The lowest BCUT2D eigenvalue weighted by atomic mass is 9.77. The molecule has 1 spiro atoms. The number of aryl methyl sites for hydroxylation is 1. The van der Waals surface area contributed by atoms with Gasteiger partial charge in [0.2, 0.25) is 5.72 Å². The molecule has 2 heterocycles. The molecule has 3 aromatic carbocycles. The molecule has 3 heteroatoms. The number of rotatable bonds is 0. The molecule has 0 aromatic heterocycles. The van der Waals surface area contributed by atoms with Crippen molar-refractivity contribution in [2.45, 2.75) is 59.6 Å². The predicted octanol–water partition coefficient (Wildman–Crippen LogP) is 7.42. The van der Waals surface area contributed by atoms with Crippen LogP contribution in [0.3, 0.4) is 0 Å². The minimum atomic E-state index is -0.637. The van der Waals surface area contributed by atoms with E-state index in [0.717, 1.165) is 16.8 Å². The Morgan fingerprint density at radius 1 is 0.867 bits per heavy atom. The van der Waals surface area contributed by atoms with Crippen molar-refractivity contribution < 1.29 is 4.74 Å². The van der Waals surface area contributed by atoms with Gasteiger partial charge in [0.25, 0.3) is 0 Å². The number of benzene rings is 3. The van der Waals surface area contributed by atoms with Crippen LogP contribution in [0.4, 0.5) is 11.4 Å². The monoisotopic (exact) mass is 402 g/mol. The SMILES string of the molecule is CC.CC.Cc1cc2c(c3ccccc13)OC1(C=N2)N(C)c2ccccc2C1(C)C. The van der Waals surface area contributed by atoms with Crippen LogP contribution < -0.4 is 9.64 Å². The van der Waals surface area contributed by atoms with Gasteiger partial charge in [-0.1, -0.05) is 70.2 Å². The minimum absolute atomic E-state index is 0.231. The molecule has 0 amide bonds. The topological polar surface area (TPSA) is 24.8 Å². The zero-order chi connectivity index (χ0) is 22.1. The van der Waals surface area contributed by atoms with Gasteiger partial charge in [0.1, 0.15) is 5.69 Å². The summed E-state index contributed by atoms with van der Waals surface area (Å²) in [5, 5.41) is 2.34. The van der Waals surface area contributed by atoms with Gasteiger partial charge in [-0.25, -0.2) is 0 Å². The lowest BCUT2D eigenvalue weighted by molar-refractivity contribution is 0.0842. The average Bonchev–Trinajstić information content (AvgIpc) is 2.96. The molecular formula is C27H34N2O. The molecule has 3 nitrogen and oxygen atoms in total. The summed E-state index contributed by atoms with van der Waals surface area (Å²) in [4.78, 5) is 7.10. The van der Waals surface area contributed by atoms with Crippen LogP contribution >= 0.6 is 0 Å². The lowest BCUT2D eigenvalue weighted by Crippen LogP contribution is -2.61. The lowest BCUT2D eigenvalue weighted by Gasteiger charge is -2.45. The van der Waals surface area contributed by atoms with E-state index in [4.69, 9.17) is 9.73 Å². The molecule has 2 aliphatic heterocycles. The maximum absolute atomic E-state index is 6.84. The zero-order valence-electron chi connectivity index (χ0n) is 19.6. The second-order valence-corrected chi connectivity index (χ2v) is 7.85. The first kappa shape index (κ1) is 21.9. The van der Waals surface area contributed by atoms with E-state index in [1.807, 2.05) is 33.9 Å². The van der Waals surface area contributed by atoms with E-state index in [1.54, 1.807) is 0 Å². The van der Waals surface area contributed by atoms with Gasteiger partial charge >= 0.3 is 0 Å². The van der Waals surface area contributed by atoms with E-state index in [-0.39, 0.29) is 5.41 Å². The molecule has 0 N–H and O–H groups in total. The molecule has 0 aliphatic carbocycles. The highest BCUT2D eigenvalue weighted by Gasteiger charge is 2.58. The molecule has 30 heavy (non-hydrogen) atoms. The normalized spacial score (nSPS) is 19.8. The van der Waals surface area contributed by atoms with Crippen molar-refractivity contribution in [2.75, 3.05) is 11.9 Å². The summed E-state index contributed by atoms with van der Waals surface area (Å²) in [6, 6.07) is 19.1. The van der Waals surface area contributed by atoms with Gasteiger partial charge in [0.05, 0.1) is 11.6 Å². The summed E-state index contributed by atoms with van der Waals surface area (Å²) < 4.78 is 6.84. The average molecular weight is 403 g/mol. The summed E-state index contributed by atoms with van der Waals surface area (Å²) in [5.41, 5.74) is 3.75. The summed E-state index contributed by atoms with van der Waals surface area (Å²) in [6.45, 7) is 14.6. The molecule has 2 aliphatic rings. The summed E-state index contributed by atoms with van der Waals surface area (Å²) in [7, 11) is 2.10. The third-order valence-electron chi connectivity index (χ3n) is 6.15. The Bertz CT molecular complexity index is 1080. The minimum Gasteiger partial charge on any atom is -0.459 e. The number of nitrogens with zero attached hydrogens (tertiary/aromatic N) is 2. The van der Waals surface area contributed by atoms with Gasteiger partial charge in [-0.15, -0.1) is 0 Å². The second kappa shape index (κ2) is 8.14. The van der Waals surface area contributed by atoms with E-state index in [2.05, 4.69) is 87.3 Å². The number of para-hydroxylation sites is 1. The predicted molar refractivity (Wildman–Crippen MR) is 131 cm³/mol. The molecule has 3 aromatic rings. The van der Waals surface area contributed by atoms with Crippen molar-refractivity contribution in [3.63, 3.8) is 0 Å². The molecule has 5 rings (SSSR count). The number of likely N-dealkylation sites (N-methyl/N-ethyl adjacent to an activating group) is 1. The van der Waals surface area contributed by atoms with E-state index in [1.165, 1.54) is 22.2 Å². The van der Waals surface area contributed by atoms with Gasteiger partial charge < -0.3 is 9.64 Å². The van der Waals surface area contributed by atoms with E-state index < -0.39 is 5.72 Å². The van der Waals surface area contributed by atoms with Crippen LogP contribution in [0, 0.1) is 6.92 Å². The Labute approximate surface area is 181 Å². The van der Waals surface area contributed by atoms with Crippen LogP contribution in [-0.2, 0) is 5.41 Å². The highest BCUT2D eigenvalue weighted by atomic mass is 16.5. The molecule has 0 saturated carbocycles. The molecule has 0 fully saturated rings. The van der Waals surface area contributed by atoms with E-state index in [0.29, 0.717) is 0 Å². The largest absolute Gasteiger partial charge is 0.459 e. The Morgan fingerprint density at radius 2 is 1.47 bits per heavy atom. The fourth-order valence-corrected chi connectivity index (χ4v) is 4.58. The first-order valence-electron chi connectivity index (χ1n) is 11.1. The second-order valence-electron chi connectivity index (χ2n) is 7.85. The Balaban J connectivity index is 0.000000606. The number of hydrogen-bond acceptors (Lipinski definition) is 3. The summed E-state index contributed by atoms with van der Waals surface area (Å²) >= 11 is 0. The molecule has 0 saturated heterocycles. The fraction of sp³-hybridized carbons (Fsp3) is 0.370. The molecule has 1 unspecified atom stereocenters. The molecule has 0 bridgehead atoms. The third-order valence-corrected chi connectivity index (χ3v) is 6.15. The number of aliphatic imine (C=N–C) groups is 1. The Kier molecular flexibility index (Phi) is 5.94. The first-order valence-corrected chi connectivity index (χ1v) is 11.1. The fourth-order valence-electron chi connectivity index (χ4n) is 4.58. The number of fused-ring (bicyclic) bond motifs is 4. The van der Waals surface area contributed by atoms with Crippen molar-refractivity contribution in [1.29, 1.82) is 0 Å². The highest BCUT2D eigenvalue weighted by Crippen LogP contribution is 2.54. The molecular weight excluding hydrogens is 368 g/mol. The molecule has 0 radical (unpaired) electrons. The van der Waals surface area contributed by atoms with Crippen molar-refractivity contribution in [3.8, 4) is 5.75 Å². The van der Waals surface area contributed by atoms with Crippen LogP contribution in [0.5, 0.6) is 5.75 Å². The van der Waals surface area contributed by atoms with Crippen LogP contribution in [0.1, 0.15) is 52.7 Å². The van der Waals surface area contributed by atoms with Crippen molar-refractivity contribution >= 4 is 28.4 Å². The van der Waals surface area contributed by atoms with Crippen LogP contribution in [-0.4, -0.2) is 19.0 Å². The van der Waals surface area contributed by atoms with E-state index >= 15 is 0 Å². The smallest absolute Gasteiger partial charge is 0.228 e. The van der Waals surface area contributed by atoms with Gasteiger partial charge in [-0.3, -0.25) is 4.99 Å². The number of hydrogen-bond donors (Lipinski definition) is 0. The maximum atomic E-state index is 6.84. The highest BCUT2D eigenvalue weighted by molar-refractivity contribution is 5.98. The van der Waals surface area contributed by atoms with Crippen LogP contribution in [0.15, 0.2) is 59.6 Å². The first-order chi connectivity index (χ1) is 14.5. The van der Waals surface area contributed by atoms with Gasteiger partial charge in [-0.05, 0) is 49.4 Å². The number of ether oxygens (including phenoxy) is 1. The standard InChI is InChI=1S/C23H22N2O.2C2H6/c1-15-13-19-21(17-10-6-5-9-16(15)17)26-23(14-24-19)22(2,3)18-11-7-8-12-20(18)25(23)4;2*1-2/h5-14H,1-4H3;2*1-2H3.